The number of hydrogen-bond donors (Lipinski definition) is 1. The van der Waals surface area contributed by atoms with E-state index in [1.807, 2.05) is 27.8 Å². The lowest BCUT2D eigenvalue weighted by Gasteiger charge is -2.18. The SMILES string of the molecule is CNCc1nc(COC(C)(C)C)cs1. The number of thiazole rings is 1. The van der Waals surface area contributed by atoms with Gasteiger partial charge >= 0.3 is 0 Å². The van der Waals surface area contributed by atoms with Crippen LogP contribution in [0, 0.1) is 0 Å². The first-order valence-corrected chi connectivity index (χ1v) is 5.61. The molecular weight excluding hydrogens is 196 g/mol. The zero-order valence-corrected chi connectivity index (χ0v) is 10.1. The van der Waals surface area contributed by atoms with Gasteiger partial charge in [0.1, 0.15) is 5.01 Å². The molecule has 0 aromatic carbocycles. The van der Waals surface area contributed by atoms with Gasteiger partial charge in [-0.15, -0.1) is 11.3 Å². The second kappa shape index (κ2) is 4.87. The molecule has 14 heavy (non-hydrogen) atoms. The van der Waals surface area contributed by atoms with E-state index in [0.29, 0.717) is 6.61 Å². The molecule has 0 saturated heterocycles. The minimum absolute atomic E-state index is 0.0905. The van der Waals surface area contributed by atoms with Crippen LogP contribution in [0.5, 0.6) is 0 Å². The van der Waals surface area contributed by atoms with Gasteiger partial charge in [-0.25, -0.2) is 4.98 Å². The zero-order chi connectivity index (χ0) is 10.6. The Morgan fingerprint density at radius 2 is 2.21 bits per heavy atom. The molecule has 0 bridgehead atoms. The normalized spacial score (nSPS) is 12.0. The first kappa shape index (κ1) is 11.6. The van der Waals surface area contributed by atoms with E-state index in [4.69, 9.17) is 4.74 Å². The molecule has 1 heterocycles. The highest BCUT2D eigenvalue weighted by molar-refractivity contribution is 7.09. The fourth-order valence-electron chi connectivity index (χ4n) is 0.938. The van der Waals surface area contributed by atoms with Crippen molar-refractivity contribution in [1.82, 2.24) is 10.3 Å². The van der Waals surface area contributed by atoms with Crippen molar-refractivity contribution in [2.75, 3.05) is 7.05 Å². The van der Waals surface area contributed by atoms with E-state index in [2.05, 4.69) is 15.7 Å². The van der Waals surface area contributed by atoms with Crippen LogP contribution in [-0.2, 0) is 17.9 Å². The average Bonchev–Trinajstić information content (AvgIpc) is 2.49. The van der Waals surface area contributed by atoms with Gasteiger partial charge in [-0.2, -0.15) is 0 Å². The lowest BCUT2D eigenvalue weighted by atomic mass is 10.2. The van der Waals surface area contributed by atoms with Crippen molar-refractivity contribution in [2.24, 2.45) is 0 Å². The van der Waals surface area contributed by atoms with Crippen LogP contribution in [0.1, 0.15) is 31.5 Å². The van der Waals surface area contributed by atoms with Crippen LogP contribution >= 0.6 is 11.3 Å². The van der Waals surface area contributed by atoms with E-state index in [0.717, 1.165) is 17.2 Å². The van der Waals surface area contributed by atoms with Gasteiger partial charge in [0.05, 0.1) is 17.9 Å². The molecule has 3 nitrogen and oxygen atoms in total. The smallest absolute Gasteiger partial charge is 0.107 e. The third-order valence-electron chi connectivity index (χ3n) is 1.58. The number of rotatable bonds is 4. The van der Waals surface area contributed by atoms with Crippen molar-refractivity contribution >= 4 is 11.3 Å². The molecule has 0 fully saturated rings. The highest BCUT2D eigenvalue weighted by atomic mass is 32.1. The standard InChI is InChI=1S/C10H18N2OS/c1-10(2,3)13-6-8-7-14-9(12-8)5-11-4/h7,11H,5-6H2,1-4H3. The molecule has 4 heteroatoms. The van der Waals surface area contributed by atoms with E-state index < -0.39 is 0 Å². The first-order chi connectivity index (χ1) is 6.51. The summed E-state index contributed by atoms with van der Waals surface area (Å²) in [6.45, 7) is 7.58. The monoisotopic (exact) mass is 214 g/mol. The lowest BCUT2D eigenvalue weighted by molar-refractivity contribution is -0.0163. The maximum atomic E-state index is 5.63. The van der Waals surface area contributed by atoms with Gasteiger partial charge in [0, 0.05) is 11.9 Å². The summed E-state index contributed by atoms with van der Waals surface area (Å²) in [6.07, 6.45) is 0. The Bertz CT molecular complexity index is 278. The van der Waals surface area contributed by atoms with Crippen LogP contribution in [0.25, 0.3) is 0 Å². The molecule has 0 saturated carbocycles. The van der Waals surface area contributed by atoms with Crippen molar-refractivity contribution in [2.45, 2.75) is 39.5 Å². The fourth-order valence-corrected chi connectivity index (χ4v) is 1.73. The Morgan fingerprint density at radius 1 is 1.50 bits per heavy atom. The van der Waals surface area contributed by atoms with Crippen molar-refractivity contribution in [3.63, 3.8) is 0 Å². The second-order valence-electron chi connectivity index (χ2n) is 4.16. The van der Waals surface area contributed by atoms with Crippen LogP contribution in [0.4, 0.5) is 0 Å². The second-order valence-corrected chi connectivity index (χ2v) is 5.11. The fraction of sp³-hybridized carbons (Fsp3) is 0.700. The maximum Gasteiger partial charge on any atom is 0.107 e. The van der Waals surface area contributed by atoms with Gasteiger partial charge in [0.15, 0.2) is 0 Å². The third kappa shape index (κ3) is 4.17. The average molecular weight is 214 g/mol. The largest absolute Gasteiger partial charge is 0.370 e. The Hall–Kier alpha value is -0.450. The number of aromatic nitrogens is 1. The molecule has 0 aliphatic carbocycles. The Balaban J connectivity index is 2.44. The van der Waals surface area contributed by atoms with E-state index in [9.17, 15) is 0 Å². The predicted octanol–water partition coefficient (Wildman–Crippen LogP) is 2.18. The molecule has 0 aliphatic rings. The highest BCUT2D eigenvalue weighted by Crippen LogP contribution is 2.14. The van der Waals surface area contributed by atoms with Crippen molar-refractivity contribution in [3.8, 4) is 0 Å². The molecule has 80 valence electrons. The van der Waals surface area contributed by atoms with Gasteiger partial charge in [0.2, 0.25) is 0 Å². The molecule has 1 aromatic rings. The summed E-state index contributed by atoms with van der Waals surface area (Å²) in [5.74, 6) is 0. The molecule has 0 amide bonds. The molecule has 0 radical (unpaired) electrons. The number of nitrogens with one attached hydrogen (secondary N) is 1. The highest BCUT2D eigenvalue weighted by Gasteiger charge is 2.11. The van der Waals surface area contributed by atoms with Crippen molar-refractivity contribution < 1.29 is 4.74 Å². The molecule has 0 aliphatic heterocycles. The maximum absolute atomic E-state index is 5.63. The minimum atomic E-state index is -0.0905. The topological polar surface area (TPSA) is 34.2 Å². The summed E-state index contributed by atoms with van der Waals surface area (Å²) in [4.78, 5) is 4.43. The Morgan fingerprint density at radius 3 is 2.79 bits per heavy atom. The van der Waals surface area contributed by atoms with Crippen LogP contribution in [-0.4, -0.2) is 17.6 Å². The van der Waals surface area contributed by atoms with Crippen LogP contribution in [0.15, 0.2) is 5.38 Å². The van der Waals surface area contributed by atoms with E-state index >= 15 is 0 Å². The summed E-state index contributed by atoms with van der Waals surface area (Å²) < 4.78 is 5.63. The summed E-state index contributed by atoms with van der Waals surface area (Å²) in [7, 11) is 1.92. The zero-order valence-electron chi connectivity index (χ0n) is 9.26. The molecule has 0 spiro atoms. The summed E-state index contributed by atoms with van der Waals surface area (Å²) >= 11 is 1.67. The third-order valence-corrected chi connectivity index (χ3v) is 2.48. The lowest BCUT2D eigenvalue weighted by Crippen LogP contribution is -2.18. The number of nitrogens with zero attached hydrogens (tertiary/aromatic N) is 1. The summed E-state index contributed by atoms with van der Waals surface area (Å²) in [5.41, 5.74) is 0.933. The quantitative estimate of drug-likeness (QED) is 0.834. The van der Waals surface area contributed by atoms with Gasteiger partial charge in [-0.3, -0.25) is 0 Å². The van der Waals surface area contributed by atoms with E-state index in [1.165, 1.54) is 0 Å². The molecule has 1 rings (SSSR count). The summed E-state index contributed by atoms with van der Waals surface area (Å²) in [6, 6.07) is 0. The van der Waals surface area contributed by atoms with Crippen LogP contribution in [0.2, 0.25) is 0 Å². The molecule has 1 aromatic heterocycles. The molecular formula is C10H18N2OS. The molecule has 1 N–H and O–H groups in total. The number of ether oxygens (including phenoxy) is 1. The van der Waals surface area contributed by atoms with Crippen LogP contribution in [0.3, 0.4) is 0 Å². The Kier molecular flexibility index (Phi) is 4.04. The van der Waals surface area contributed by atoms with Gasteiger partial charge in [0.25, 0.3) is 0 Å². The van der Waals surface area contributed by atoms with Crippen molar-refractivity contribution in [1.29, 1.82) is 0 Å². The first-order valence-electron chi connectivity index (χ1n) is 4.73. The Labute approximate surface area is 89.5 Å². The molecule has 0 unspecified atom stereocenters. The minimum Gasteiger partial charge on any atom is -0.370 e. The number of hydrogen-bond acceptors (Lipinski definition) is 4. The van der Waals surface area contributed by atoms with Crippen LogP contribution < -0.4 is 5.32 Å². The van der Waals surface area contributed by atoms with E-state index in [1.54, 1.807) is 11.3 Å². The molecule has 0 atom stereocenters. The predicted molar refractivity (Wildman–Crippen MR) is 59.4 cm³/mol. The van der Waals surface area contributed by atoms with Gasteiger partial charge in [-0.1, -0.05) is 0 Å². The van der Waals surface area contributed by atoms with E-state index in [-0.39, 0.29) is 5.60 Å². The van der Waals surface area contributed by atoms with Gasteiger partial charge in [-0.05, 0) is 27.8 Å². The summed E-state index contributed by atoms with van der Waals surface area (Å²) in [5, 5.41) is 6.24. The van der Waals surface area contributed by atoms with Gasteiger partial charge < -0.3 is 10.1 Å². The van der Waals surface area contributed by atoms with Crippen molar-refractivity contribution in [3.05, 3.63) is 16.1 Å².